The van der Waals surface area contributed by atoms with Gasteiger partial charge in [-0.15, -0.1) is 6.58 Å². The van der Waals surface area contributed by atoms with Crippen molar-refractivity contribution in [2.24, 2.45) is 0 Å². The van der Waals surface area contributed by atoms with E-state index in [0.29, 0.717) is 26.8 Å². The summed E-state index contributed by atoms with van der Waals surface area (Å²) in [6.45, 7) is 4.30. The van der Waals surface area contributed by atoms with Crippen LogP contribution < -0.4 is 10.6 Å². The van der Waals surface area contributed by atoms with E-state index in [1.807, 2.05) is 0 Å². The maximum Gasteiger partial charge on any atom is 0.238 e. The molecule has 0 saturated carbocycles. The Hall–Kier alpha value is -0.550. The number of hydrogen-bond donors (Lipinski definition) is 2. The van der Waals surface area contributed by atoms with Crippen molar-refractivity contribution in [2.75, 3.05) is 18.4 Å². The number of carbonyl (C=O) groups excluding carboxylic acids is 1. The summed E-state index contributed by atoms with van der Waals surface area (Å²) >= 11 is 15.2. The molecule has 3 nitrogen and oxygen atoms in total. The lowest BCUT2D eigenvalue weighted by molar-refractivity contribution is -0.115. The highest BCUT2D eigenvalue weighted by Crippen LogP contribution is 2.35. The zero-order valence-corrected chi connectivity index (χ0v) is 12.0. The van der Waals surface area contributed by atoms with Crippen LogP contribution in [0.5, 0.6) is 0 Å². The van der Waals surface area contributed by atoms with E-state index in [9.17, 15) is 4.79 Å². The van der Waals surface area contributed by atoms with Crippen LogP contribution >= 0.6 is 39.1 Å². The number of rotatable bonds is 5. The number of carbonyl (C=O) groups is 1. The van der Waals surface area contributed by atoms with Gasteiger partial charge in [0.1, 0.15) is 0 Å². The van der Waals surface area contributed by atoms with E-state index in [-0.39, 0.29) is 12.5 Å². The zero-order valence-electron chi connectivity index (χ0n) is 8.90. The molecule has 0 heterocycles. The summed E-state index contributed by atoms with van der Waals surface area (Å²) in [4.78, 5) is 11.5. The lowest BCUT2D eigenvalue weighted by atomic mass is 10.3. The van der Waals surface area contributed by atoms with E-state index in [2.05, 4.69) is 33.1 Å². The number of hydrogen-bond acceptors (Lipinski definition) is 2. The van der Waals surface area contributed by atoms with Crippen molar-refractivity contribution in [1.82, 2.24) is 5.32 Å². The minimum Gasteiger partial charge on any atom is -0.324 e. The van der Waals surface area contributed by atoms with Crippen LogP contribution in [0.25, 0.3) is 0 Å². The van der Waals surface area contributed by atoms with Crippen LogP contribution in [-0.4, -0.2) is 19.0 Å². The number of halogens is 3. The lowest BCUT2D eigenvalue weighted by Crippen LogP contribution is -2.28. The third-order valence-corrected chi connectivity index (χ3v) is 3.65. The number of benzene rings is 1. The second-order valence-electron chi connectivity index (χ2n) is 3.19. The fraction of sp³-hybridized carbons (Fsp3) is 0.182. The van der Waals surface area contributed by atoms with Crippen LogP contribution in [0.3, 0.4) is 0 Å². The van der Waals surface area contributed by atoms with Gasteiger partial charge in [0, 0.05) is 11.0 Å². The van der Waals surface area contributed by atoms with Crippen molar-refractivity contribution in [3.05, 3.63) is 39.3 Å². The summed E-state index contributed by atoms with van der Waals surface area (Å²) < 4.78 is 0.687. The monoisotopic (exact) mass is 336 g/mol. The van der Waals surface area contributed by atoms with Crippen molar-refractivity contribution < 1.29 is 4.79 Å². The maximum absolute atomic E-state index is 11.5. The van der Waals surface area contributed by atoms with E-state index in [1.54, 1.807) is 18.2 Å². The highest BCUT2D eigenvalue weighted by Gasteiger charge is 2.10. The molecule has 0 bridgehead atoms. The van der Waals surface area contributed by atoms with E-state index >= 15 is 0 Å². The third-order valence-electron chi connectivity index (χ3n) is 1.88. The normalized spacial score (nSPS) is 10.1. The Labute approximate surface area is 118 Å². The standard InChI is InChI=1S/C11H11BrCl2N2O/c1-2-5-15-6-9(17)16-8-4-3-7(12)10(13)11(8)14/h2-4,15H,1,5-6H2,(H,16,17). The summed E-state index contributed by atoms with van der Waals surface area (Å²) in [6, 6.07) is 3.41. The molecule has 0 spiro atoms. The molecule has 6 heteroatoms. The molecule has 1 rings (SSSR count). The quantitative estimate of drug-likeness (QED) is 0.490. The van der Waals surface area contributed by atoms with Crippen LogP contribution in [0.4, 0.5) is 5.69 Å². The molecular weight excluding hydrogens is 327 g/mol. The Bertz CT molecular complexity index is 438. The van der Waals surface area contributed by atoms with Gasteiger partial charge >= 0.3 is 0 Å². The molecule has 0 aliphatic heterocycles. The first-order valence-electron chi connectivity index (χ1n) is 4.81. The lowest BCUT2D eigenvalue weighted by Gasteiger charge is -2.09. The average Bonchev–Trinajstić information content (AvgIpc) is 2.30. The van der Waals surface area contributed by atoms with E-state index in [0.717, 1.165) is 0 Å². The fourth-order valence-electron chi connectivity index (χ4n) is 1.10. The second kappa shape index (κ2) is 7.01. The van der Waals surface area contributed by atoms with Crippen molar-refractivity contribution >= 4 is 50.7 Å². The average molecular weight is 338 g/mol. The number of nitrogens with one attached hydrogen (secondary N) is 2. The summed E-state index contributed by atoms with van der Waals surface area (Å²) in [5.74, 6) is -0.188. The number of anilines is 1. The molecule has 0 aromatic heterocycles. The Morgan fingerprint density at radius 1 is 1.41 bits per heavy atom. The fourth-order valence-corrected chi connectivity index (χ4v) is 1.93. The minimum atomic E-state index is -0.188. The van der Waals surface area contributed by atoms with Crippen molar-refractivity contribution in [3.63, 3.8) is 0 Å². The van der Waals surface area contributed by atoms with Gasteiger partial charge in [-0.2, -0.15) is 0 Å². The van der Waals surface area contributed by atoms with Gasteiger partial charge in [-0.05, 0) is 28.1 Å². The predicted octanol–water partition coefficient (Wildman–Crippen LogP) is 3.47. The van der Waals surface area contributed by atoms with Gasteiger partial charge < -0.3 is 10.6 Å². The van der Waals surface area contributed by atoms with Gasteiger partial charge in [0.2, 0.25) is 5.91 Å². The van der Waals surface area contributed by atoms with Crippen molar-refractivity contribution in [1.29, 1.82) is 0 Å². The highest BCUT2D eigenvalue weighted by atomic mass is 79.9. The van der Waals surface area contributed by atoms with E-state index in [1.165, 1.54) is 0 Å². The first-order chi connectivity index (χ1) is 8.06. The van der Waals surface area contributed by atoms with Crippen LogP contribution in [0.2, 0.25) is 10.0 Å². The SMILES string of the molecule is C=CCNCC(=O)Nc1ccc(Br)c(Cl)c1Cl. The largest absolute Gasteiger partial charge is 0.324 e. The summed E-state index contributed by atoms with van der Waals surface area (Å²) in [7, 11) is 0. The molecule has 0 aliphatic rings. The van der Waals surface area contributed by atoms with Crippen LogP contribution in [0.1, 0.15) is 0 Å². The molecule has 1 aromatic rings. The zero-order chi connectivity index (χ0) is 12.8. The Balaban J connectivity index is 2.66. The maximum atomic E-state index is 11.5. The number of amides is 1. The first-order valence-corrected chi connectivity index (χ1v) is 6.36. The van der Waals surface area contributed by atoms with Gasteiger partial charge in [-0.3, -0.25) is 4.79 Å². The molecule has 0 radical (unpaired) electrons. The summed E-state index contributed by atoms with van der Waals surface area (Å²) in [5, 5.41) is 6.25. The minimum absolute atomic E-state index is 0.188. The van der Waals surface area contributed by atoms with Gasteiger partial charge in [-0.1, -0.05) is 29.3 Å². The van der Waals surface area contributed by atoms with Crippen molar-refractivity contribution in [3.8, 4) is 0 Å². The molecule has 2 N–H and O–H groups in total. The smallest absolute Gasteiger partial charge is 0.238 e. The predicted molar refractivity (Wildman–Crippen MR) is 75.9 cm³/mol. The molecule has 0 aliphatic carbocycles. The van der Waals surface area contributed by atoms with Gasteiger partial charge in [-0.25, -0.2) is 0 Å². The molecule has 0 fully saturated rings. The summed E-state index contributed by atoms with van der Waals surface area (Å²) in [5.41, 5.74) is 0.491. The Kier molecular flexibility index (Phi) is 5.98. The molecule has 0 unspecified atom stereocenters. The van der Waals surface area contributed by atoms with Crippen LogP contribution in [-0.2, 0) is 4.79 Å². The highest BCUT2D eigenvalue weighted by molar-refractivity contribution is 9.10. The van der Waals surface area contributed by atoms with E-state index in [4.69, 9.17) is 23.2 Å². The second-order valence-corrected chi connectivity index (χ2v) is 4.80. The topological polar surface area (TPSA) is 41.1 Å². The first kappa shape index (κ1) is 14.5. The van der Waals surface area contributed by atoms with Crippen LogP contribution in [0.15, 0.2) is 29.3 Å². The molecule has 92 valence electrons. The molecule has 0 atom stereocenters. The third kappa shape index (κ3) is 4.32. The van der Waals surface area contributed by atoms with Gasteiger partial charge in [0.15, 0.2) is 0 Å². The van der Waals surface area contributed by atoms with Crippen LogP contribution in [0, 0.1) is 0 Å². The Morgan fingerprint density at radius 3 is 2.76 bits per heavy atom. The Morgan fingerprint density at radius 2 is 2.12 bits per heavy atom. The molecule has 0 saturated heterocycles. The van der Waals surface area contributed by atoms with Crippen molar-refractivity contribution in [2.45, 2.75) is 0 Å². The van der Waals surface area contributed by atoms with Gasteiger partial charge in [0.25, 0.3) is 0 Å². The molecule has 1 aromatic carbocycles. The molecule has 17 heavy (non-hydrogen) atoms. The molecular formula is C11H11BrCl2N2O. The van der Waals surface area contributed by atoms with Gasteiger partial charge in [0.05, 0.1) is 22.3 Å². The summed E-state index contributed by atoms with van der Waals surface area (Å²) in [6.07, 6.45) is 1.68. The molecule has 1 amide bonds. The van der Waals surface area contributed by atoms with E-state index < -0.39 is 0 Å².